The van der Waals surface area contributed by atoms with Crippen LogP contribution >= 0.6 is 0 Å². The number of nitrogen functional groups attached to an aromatic ring is 1. The molecule has 1 amide bonds. The Bertz CT molecular complexity index is 1520. The molecule has 3 atom stereocenters. The van der Waals surface area contributed by atoms with Crippen LogP contribution in [0.25, 0.3) is 28.0 Å². The number of fused-ring (bicyclic) bond motifs is 3. The summed E-state index contributed by atoms with van der Waals surface area (Å²) in [4.78, 5) is 37.0. The van der Waals surface area contributed by atoms with E-state index in [1.54, 1.807) is 12.4 Å². The predicted octanol–water partition coefficient (Wildman–Crippen LogP) is 3.86. The van der Waals surface area contributed by atoms with Gasteiger partial charge in [-0.1, -0.05) is 36.4 Å². The standard InChI is InChI=1S/C29H30N6O3/c1-16(36)25-26(20-12-21-9-10-22(13-20)34(21)29(38)17(2)37)33-28-23(15-32-35(28)27(25)30)19-8-11-24(31-14-19)18-6-4-3-5-7-18/h3-8,11,14-15,17,20-22,37H,9-10,12-13,30H2,1-2H3/t17-,21-,22-/m0/s1. The van der Waals surface area contributed by atoms with E-state index in [1.807, 2.05) is 47.4 Å². The van der Waals surface area contributed by atoms with Crippen molar-refractivity contribution in [1.82, 2.24) is 24.5 Å². The van der Waals surface area contributed by atoms with Crippen LogP contribution < -0.4 is 5.73 Å². The number of hydrogen-bond donors (Lipinski definition) is 2. The number of pyridine rings is 1. The first-order valence-corrected chi connectivity index (χ1v) is 13.0. The smallest absolute Gasteiger partial charge is 0.251 e. The Kier molecular flexibility index (Phi) is 5.95. The zero-order chi connectivity index (χ0) is 26.6. The van der Waals surface area contributed by atoms with Crippen molar-refractivity contribution >= 4 is 23.2 Å². The Labute approximate surface area is 220 Å². The summed E-state index contributed by atoms with van der Waals surface area (Å²) in [6, 6.07) is 13.9. The van der Waals surface area contributed by atoms with E-state index in [0.29, 0.717) is 29.7 Å². The Morgan fingerprint density at radius 2 is 1.74 bits per heavy atom. The number of rotatable bonds is 5. The van der Waals surface area contributed by atoms with Gasteiger partial charge in [-0.15, -0.1) is 0 Å². The molecule has 3 N–H and O–H groups in total. The van der Waals surface area contributed by atoms with Gasteiger partial charge in [0, 0.05) is 40.9 Å². The van der Waals surface area contributed by atoms with Crippen LogP contribution in [-0.4, -0.2) is 59.5 Å². The van der Waals surface area contributed by atoms with Crippen molar-refractivity contribution in [2.75, 3.05) is 5.73 Å². The van der Waals surface area contributed by atoms with Crippen molar-refractivity contribution < 1.29 is 14.7 Å². The number of nitrogens with two attached hydrogens (primary N) is 1. The molecule has 6 rings (SSSR count). The number of nitrogens with zero attached hydrogens (tertiary/aromatic N) is 5. The van der Waals surface area contributed by atoms with E-state index in [4.69, 9.17) is 10.7 Å². The molecule has 2 fully saturated rings. The number of aliphatic hydroxyl groups excluding tert-OH is 1. The molecule has 0 saturated carbocycles. The van der Waals surface area contributed by atoms with Gasteiger partial charge in [0.25, 0.3) is 5.91 Å². The molecule has 9 nitrogen and oxygen atoms in total. The van der Waals surface area contributed by atoms with Crippen LogP contribution in [-0.2, 0) is 4.79 Å². The number of Topliss-reactive ketones (excluding diaryl/α,β-unsaturated/α-hetero) is 1. The van der Waals surface area contributed by atoms with Crippen molar-refractivity contribution in [2.45, 2.75) is 63.6 Å². The van der Waals surface area contributed by atoms with Gasteiger partial charge in [-0.25, -0.2) is 4.98 Å². The molecule has 2 saturated heterocycles. The predicted molar refractivity (Wildman–Crippen MR) is 143 cm³/mol. The lowest BCUT2D eigenvalue weighted by Gasteiger charge is -2.39. The van der Waals surface area contributed by atoms with E-state index < -0.39 is 6.10 Å². The summed E-state index contributed by atoms with van der Waals surface area (Å²) < 4.78 is 1.53. The summed E-state index contributed by atoms with van der Waals surface area (Å²) in [6.45, 7) is 3.01. The molecular weight excluding hydrogens is 480 g/mol. The van der Waals surface area contributed by atoms with Crippen molar-refractivity contribution in [3.8, 4) is 22.4 Å². The summed E-state index contributed by atoms with van der Waals surface area (Å²) in [5, 5.41) is 14.4. The van der Waals surface area contributed by atoms with E-state index in [2.05, 4.69) is 10.1 Å². The van der Waals surface area contributed by atoms with Gasteiger partial charge in [0.05, 0.1) is 23.1 Å². The van der Waals surface area contributed by atoms with Crippen molar-refractivity contribution in [3.63, 3.8) is 0 Å². The van der Waals surface area contributed by atoms with Crippen LogP contribution in [0.2, 0.25) is 0 Å². The molecular formula is C29H30N6O3. The quantitative estimate of drug-likeness (QED) is 0.390. The molecule has 38 heavy (non-hydrogen) atoms. The van der Waals surface area contributed by atoms with E-state index in [-0.39, 0.29) is 35.5 Å². The highest BCUT2D eigenvalue weighted by molar-refractivity contribution is 6.00. The number of carbonyl (C=O) groups excluding carboxylic acids is 2. The second-order valence-corrected chi connectivity index (χ2v) is 10.4. The minimum Gasteiger partial charge on any atom is -0.384 e. The number of anilines is 1. The maximum atomic E-state index is 12.8. The van der Waals surface area contributed by atoms with Crippen LogP contribution in [0.4, 0.5) is 5.82 Å². The highest BCUT2D eigenvalue weighted by atomic mass is 16.3. The molecule has 9 heteroatoms. The fourth-order valence-corrected chi connectivity index (χ4v) is 6.20. The first kappa shape index (κ1) is 24.2. The number of aliphatic hydroxyl groups is 1. The summed E-state index contributed by atoms with van der Waals surface area (Å²) >= 11 is 0. The first-order chi connectivity index (χ1) is 18.3. The molecule has 2 bridgehead atoms. The van der Waals surface area contributed by atoms with Gasteiger partial charge in [-0.05, 0) is 45.6 Å². The number of amides is 1. The van der Waals surface area contributed by atoms with Gasteiger partial charge in [0.15, 0.2) is 11.4 Å². The number of aromatic nitrogens is 4. The monoisotopic (exact) mass is 510 g/mol. The molecule has 2 aliphatic rings. The van der Waals surface area contributed by atoms with Crippen LogP contribution in [0, 0.1) is 0 Å². The zero-order valence-electron chi connectivity index (χ0n) is 21.4. The minimum atomic E-state index is -1.02. The van der Waals surface area contributed by atoms with Gasteiger partial charge in [-0.2, -0.15) is 9.61 Å². The third kappa shape index (κ3) is 3.94. The van der Waals surface area contributed by atoms with Crippen molar-refractivity contribution in [1.29, 1.82) is 0 Å². The summed E-state index contributed by atoms with van der Waals surface area (Å²) in [6.07, 6.45) is 5.59. The number of piperidine rings is 1. The lowest BCUT2D eigenvalue weighted by Crippen LogP contribution is -2.49. The molecule has 5 heterocycles. The fourth-order valence-electron chi connectivity index (χ4n) is 6.20. The van der Waals surface area contributed by atoms with Gasteiger partial charge >= 0.3 is 0 Å². The largest absolute Gasteiger partial charge is 0.384 e. The number of hydrogen-bond acceptors (Lipinski definition) is 7. The van der Waals surface area contributed by atoms with Crippen LogP contribution in [0.15, 0.2) is 54.9 Å². The van der Waals surface area contributed by atoms with Gasteiger partial charge in [0.2, 0.25) is 0 Å². The second kappa shape index (κ2) is 9.33. The second-order valence-electron chi connectivity index (χ2n) is 10.4. The van der Waals surface area contributed by atoms with E-state index in [0.717, 1.165) is 35.2 Å². The summed E-state index contributed by atoms with van der Waals surface area (Å²) in [7, 11) is 0. The molecule has 0 radical (unpaired) electrons. The average Bonchev–Trinajstić information content (AvgIpc) is 3.46. The SMILES string of the molecule is CC(=O)c1c(C2C[C@@H]3CC[C@@H](C2)N3C(=O)[C@H](C)O)nc2c(-c3ccc(-c4ccccc4)nc3)cnn2c1N. The van der Waals surface area contributed by atoms with Gasteiger partial charge < -0.3 is 15.7 Å². The molecule has 0 unspecified atom stereocenters. The molecule has 4 aromatic rings. The van der Waals surface area contributed by atoms with Crippen LogP contribution in [0.3, 0.4) is 0 Å². The van der Waals surface area contributed by atoms with E-state index in [9.17, 15) is 14.7 Å². The molecule has 1 aromatic carbocycles. The number of ketones is 1. The highest BCUT2D eigenvalue weighted by Gasteiger charge is 2.45. The minimum absolute atomic E-state index is 0.0130. The normalized spacial score (nSPS) is 21.6. The third-order valence-corrected chi connectivity index (χ3v) is 7.94. The van der Waals surface area contributed by atoms with Gasteiger partial charge in [-0.3, -0.25) is 14.6 Å². The third-order valence-electron chi connectivity index (χ3n) is 7.94. The molecule has 3 aromatic heterocycles. The molecule has 2 aliphatic heterocycles. The highest BCUT2D eigenvalue weighted by Crippen LogP contribution is 2.44. The lowest BCUT2D eigenvalue weighted by molar-refractivity contribution is -0.144. The Morgan fingerprint density at radius 3 is 2.34 bits per heavy atom. The number of carbonyl (C=O) groups is 2. The van der Waals surface area contributed by atoms with Crippen LogP contribution in [0.1, 0.15) is 61.5 Å². The van der Waals surface area contributed by atoms with Crippen molar-refractivity contribution in [3.05, 3.63) is 66.1 Å². The maximum absolute atomic E-state index is 12.8. The van der Waals surface area contributed by atoms with E-state index in [1.165, 1.54) is 18.4 Å². The maximum Gasteiger partial charge on any atom is 0.251 e. The average molecular weight is 511 g/mol. The van der Waals surface area contributed by atoms with Crippen LogP contribution in [0.5, 0.6) is 0 Å². The zero-order valence-corrected chi connectivity index (χ0v) is 21.4. The molecule has 0 spiro atoms. The van der Waals surface area contributed by atoms with Crippen molar-refractivity contribution in [2.24, 2.45) is 0 Å². The molecule has 194 valence electrons. The fraction of sp³-hybridized carbons (Fsp3) is 0.345. The summed E-state index contributed by atoms with van der Waals surface area (Å²) in [5.74, 6) is -0.145. The Morgan fingerprint density at radius 1 is 1.03 bits per heavy atom. The van der Waals surface area contributed by atoms with E-state index >= 15 is 0 Å². The Balaban J connectivity index is 1.40. The topological polar surface area (TPSA) is 127 Å². The molecule has 0 aliphatic carbocycles. The number of benzene rings is 1. The summed E-state index contributed by atoms with van der Waals surface area (Å²) in [5.41, 5.74) is 11.7. The first-order valence-electron chi connectivity index (χ1n) is 13.0. The lowest BCUT2D eigenvalue weighted by atomic mass is 9.85. The van der Waals surface area contributed by atoms with Gasteiger partial charge in [0.1, 0.15) is 11.9 Å². The Hall–Kier alpha value is -4.11.